The van der Waals surface area contributed by atoms with Crippen molar-refractivity contribution in [1.82, 2.24) is 15.0 Å². The maximum Gasteiger partial charge on any atom is 0.248 e. The van der Waals surface area contributed by atoms with E-state index in [1.807, 2.05) is 27.7 Å². The van der Waals surface area contributed by atoms with Crippen LogP contribution in [0.15, 0.2) is 23.1 Å². The number of aromatic amines is 1. The van der Waals surface area contributed by atoms with Gasteiger partial charge in [-0.3, -0.25) is 4.79 Å². The van der Waals surface area contributed by atoms with E-state index in [1.54, 1.807) is 6.20 Å². The molecule has 1 aliphatic rings. The molecule has 0 radical (unpaired) electrons. The molecule has 26 heavy (non-hydrogen) atoms. The van der Waals surface area contributed by atoms with Crippen LogP contribution >= 0.6 is 0 Å². The zero-order chi connectivity index (χ0) is 19.1. The molecule has 2 aromatic heterocycles. The molecule has 0 amide bonds. The summed E-state index contributed by atoms with van der Waals surface area (Å²) >= 11 is 0. The molecule has 1 saturated carbocycles. The van der Waals surface area contributed by atoms with E-state index in [2.05, 4.69) is 9.97 Å². The van der Waals surface area contributed by atoms with Gasteiger partial charge in [-0.05, 0) is 19.8 Å². The first kappa shape index (κ1) is 18.7. The number of nitrogens with one attached hydrogen (secondary N) is 1. The minimum Gasteiger partial charge on any atom is -0.358 e. The lowest BCUT2D eigenvalue weighted by Gasteiger charge is -2.30. The number of hydrogen-bond acceptors (Lipinski definition) is 3. The fraction of sp³-hybridized carbons (Fsp3) is 0.550. The van der Waals surface area contributed by atoms with Gasteiger partial charge in [-0.1, -0.05) is 20.8 Å². The Labute approximate surface area is 152 Å². The Balaban J connectivity index is 2.10. The second-order valence-electron chi connectivity index (χ2n) is 8.29. The van der Waals surface area contributed by atoms with Crippen molar-refractivity contribution in [3.05, 3.63) is 45.8 Å². The third-order valence-electron chi connectivity index (χ3n) is 4.86. The molecule has 0 atom stereocenters. The molecule has 3 rings (SSSR count). The number of H-pyrrole nitrogens is 1. The van der Waals surface area contributed by atoms with Gasteiger partial charge in [-0.15, -0.1) is 0 Å². The Morgan fingerprint density at radius 2 is 1.85 bits per heavy atom. The zero-order valence-electron chi connectivity index (χ0n) is 15.7. The molecule has 1 aliphatic carbocycles. The first-order valence-corrected chi connectivity index (χ1v) is 9.02. The number of pyridine rings is 1. The van der Waals surface area contributed by atoms with E-state index in [4.69, 9.17) is 4.98 Å². The third kappa shape index (κ3) is 4.00. The number of halogens is 2. The summed E-state index contributed by atoms with van der Waals surface area (Å²) in [5.74, 6) is -1.96. The molecular formula is C20H25F2N3O. The molecule has 2 aromatic rings. The molecule has 1 fully saturated rings. The lowest BCUT2D eigenvalue weighted by Crippen LogP contribution is -2.25. The molecule has 0 spiro atoms. The first-order chi connectivity index (χ1) is 12.0. The van der Waals surface area contributed by atoms with Gasteiger partial charge in [-0.25, -0.2) is 18.7 Å². The van der Waals surface area contributed by atoms with Crippen LogP contribution < -0.4 is 5.43 Å². The highest BCUT2D eigenvalue weighted by atomic mass is 19.3. The number of aromatic nitrogens is 3. The van der Waals surface area contributed by atoms with Gasteiger partial charge in [0.05, 0.1) is 11.4 Å². The predicted molar refractivity (Wildman–Crippen MR) is 97.7 cm³/mol. The molecule has 6 heteroatoms. The highest BCUT2D eigenvalue weighted by Crippen LogP contribution is 2.42. The van der Waals surface area contributed by atoms with Gasteiger partial charge in [0, 0.05) is 53.8 Å². The predicted octanol–water partition coefficient (Wildman–Crippen LogP) is 4.73. The molecule has 0 aromatic carbocycles. The normalized spacial score (nSPS) is 18.1. The van der Waals surface area contributed by atoms with E-state index in [-0.39, 0.29) is 29.6 Å². The fourth-order valence-electron chi connectivity index (χ4n) is 3.42. The van der Waals surface area contributed by atoms with Crippen molar-refractivity contribution in [2.45, 2.75) is 70.6 Å². The van der Waals surface area contributed by atoms with E-state index >= 15 is 0 Å². The van der Waals surface area contributed by atoms with E-state index in [0.717, 1.165) is 17.0 Å². The first-order valence-electron chi connectivity index (χ1n) is 9.02. The molecule has 0 bridgehead atoms. The number of rotatable bonds is 2. The van der Waals surface area contributed by atoms with Crippen LogP contribution in [-0.2, 0) is 5.41 Å². The van der Waals surface area contributed by atoms with Crippen LogP contribution in [-0.4, -0.2) is 20.9 Å². The van der Waals surface area contributed by atoms with E-state index in [9.17, 15) is 13.6 Å². The zero-order valence-corrected chi connectivity index (χ0v) is 15.7. The molecule has 0 unspecified atom stereocenters. The fourth-order valence-corrected chi connectivity index (χ4v) is 3.42. The van der Waals surface area contributed by atoms with E-state index < -0.39 is 5.92 Å². The highest BCUT2D eigenvalue weighted by Gasteiger charge is 2.37. The summed E-state index contributed by atoms with van der Waals surface area (Å²) in [5.41, 5.74) is 2.54. The lowest BCUT2D eigenvalue weighted by molar-refractivity contribution is -0.0384. The summed E-state index contributed by atoms with van der Waals surface area (Å²) in [6.45, 7) is 7.89. The second-order valence-corrected chi connectivity index (χ2v) is 8.29. The molecule has 1 N–H and O–H groups in total. The Hall–Kier alpha value is -2.11. The third-order valence-corrected chi connectivity index (χ3v) is 4.86. The van der Waals surface area contributed by atoms with Gasteiger partial charge in [0.25, 0.3) is 0 Å². The molecular weight excluding hydrogens is 336 g/mol. The van der Waals surface area contributed by atoms with Crippen molar-refractivity contribution in [1.29, 1.82) is 0 Å². The van der Waals surface area contributed by atoms with Crippen LogP contribution in [0.1, 0.15) is 69.6 Å². The maximum absolute atomic E-state index is 13.6. The average molecular weight is 361 g/mol. The molecule has 0 aliphatic heterocycles. The standard InChI is InChI=1S/C20H25F2N3O/c1-12-9-14(26)10-16(24-12)15-11-23-18(19(2,3)4)25-17(15)13-5-7-20(21,22)8-6-13/h9-11,13H,5-8H2,1-4H3,(H,24,26). The smallest absolute Gasteiger partial charge is 0.248 e. The number of aryl methyl sites for hydroxylation is 1. The van der Waals surface area contributed by atoms with E-state index in [0.29, 0.717) is 24.4 Å². The van der Waals surface area contributed by atoms with Crippen LogP contribution in [0, 0.1) is 6.92 Å². The monoisotopic (exact) mass is 361 g/mol. The number of hydrogen-bond donors (Lipinski definition) is 1. The number of alkyl halides is 2. The van der Waals surface area contributed by atoms with Crippen molar-refractivity contribution < 1.29 is 8.78 Å². The lowest BCUT2D eigenvalue weighted by atomic mass is 9.82. The summed E-state index contributed by atoms with van der Waals surface area (Å²) in [4.78, 5) is 24.4. The van der Waals surface area contributed by atoms with E-state index in [1.165, 1.54) is 12.1 Å². The van der Waals surface area contributed by atoms with Gasteiger partial charge in [0.2, 0.25) is 5.92 Å². The minimum absolute atomic E-state index is 0.0576. The van der Waals surface area contributed by atoms with Gasteiger partial charge >= 0.3 is 0 Å². The van der Waals surface area contributed by atoms with Gasteiger partial charge < -0.3 is 4.98 Å². The summed E-state index contributed by atoms with van der Waals surface area (Å²) in [5, 5.41) is 0. The van der Waals surface area contributed by atoms with Gasteiger partial charge in [-0.2, -0.15) is 0 Å². The van der Waals surface area contributed by atoms with Gasteiger partial charge in [0.1, 0.15) is 5.82 Å². The largest absolute Gasteiger partial charge is 0.358 e. The summed E-state index contributed by atoms with van der Waals surface area (Å²) in [7, 11) is 0. The van der Waals surface area contributed by atoms with Crippen LogP contribution in [0.4, 0.5) is 8.78 Å². The van der Waals surface area contributed by atoms with Crippen LogP contribution in [0.2, 0.25) is 0 Å². The van der Waals surface area contributed by atoms with Crippen molar-refractivity contribution in [3.8, 4) is 11.3 Å². The van der Waals surface area contributed by atoms with Crippen molar-refractivity contribution in [2.24, 2.45) is 0 Å². The van der Waals surface area contributed by atoms with Crippen LogP contribution in [0.3, 0.4) is 0 Å². The number of nitrogens with zero attached hydrogens (tertiary/aromatic N) is 2. The average Bonchev–Trinajstić information content (AvgIpc) is 2.52. The Bertz CT molecular complexity index is 858. The highest BCUT2D eigenvalue weighted by molar-refractivity contribution is 5.62. The van der Waals surface area contributed by atoms with Crippen molar-refractivity contribution >= 4 is 0 Å². The van der Waals surface area contributed by atoms with Crippen LogP contribution in [0.25, 0.3) is 11.3 Å². The Morgan fingerprint density at radius 3 is 2.42 bits per heavy atom. The quantitative estimate of drug-likeness (QED) is 0.841. The minimum atomic E-state index is -2.59. The van der Waals surface area contributed by atoms with Crippen LogP contribution in [0.5, 0.6) is 0 Å². The van der Waals surface area contributed by atoms with Gasteiger partial charge in [0.15, 0.2) is 5.43 Å². The van der Waals surface area contributed by atoms with Crippen molar-refractivity contribution in [2.75, 3.05) is 0 Å². The molecule has 4 nitrogen and oxygen atoms in total. The summed E-state index contributed by atoms with van der Waals surface area (Å²) in [6, 6.07) is 3.04. The second kappa shape index (κ2) is 6.56. The molecule has 140 valence electrons. The van der Waals surface area contributed by atoms with Crippen molar-refractivity contribution in [3.63, 3.8) is 0 Å². The topological polar surface area (TPSA) is 58.6 Å². The Kier molecular flexibility index (Phi) is 4.71. The summed E-state index contributed by atoms with van der Waals surface area (Å²) < 4.78 is 27.2. The Morgan fingerprint density at radius 1 is 1.19 bits per heavy atom. The molecule has 0 saturated heterocycles. The summed E-state index contributed by atoms with van der Waals surface area (Å²) in [6.07, 6.45) is 2.24. The SMILES string of the molecule is Cc1cc(=O)cc(-c2cnc(C(C)(C)C)nc2C2CCC(F)(F)CC2)[nH]1. The molecule has 2 heterocycles. The maximum atomic E-state index is 13.6.